The first-order valence-corrected chi connectivity index (χ1v) is 10.4. The standard InChI is InChI=1S/C20H39NO5/c1-2-21-17(19(25)20(26)18(21)15-23)13-9-7-5-3-4-6-8-11-16(24)12-10-14-22/h17-20,22-23,25-26H,2-15H2,1H3/t17-,18-,19-,20+/m1/s1. The Kier molecular flexibility index (Phi) is 12.3. The van der Waals surface area contributed by atoms with Crippen LogP contribution in [0.2, 0.25) is 0 Å². The normalized spacial score (nSPS) is 26.5. The number of likely N-dealkylation sites (tertiary alicyclic amines) is 1. The van der Waals surface area contributed by atoms with Crippen LogP contribution in [0.1, 0.15) is 77.6 Å². The Labute approximate surface area is 158 Å². The van der Waals surface area contributed by atoms with Crippen LogP contribution in [-0.4, -0.2) is 75.2 Å². The average molecular weight is 374 g/mol. The Bertz CT molecular complexity index is 379. The summed E-state index contributed by atoms with van der Waals surface area (Å²) in [4.78, 5) is 13.5. The molecule has 1 rings (SSSR count). The quantitative estimate of drug-likeness (QED) is 0.326. The van der Waals surface area contributed by atoms with Gasteiger partial charge in [0.15, 0.2) is 0 Å². The van der Waals surface area contributed by atoms with Gasteiger partial charge in [-0.2, -0.15) is 0 Å². The molecule has 4 N–H and O–H groups in total. The number of aliphatic hydroxyl groups is 4. The molecule has 4 atom stereocenters. The molecule has 0 spiro atoms. The van der Waals surface area contributed by atoms with Crippen LogP contribution < -0.4 is 0 Å². The molecule has 0 radical (unpaired) electrons. The van der Waals surface area contributed by atoms with E-state index in [2.05, 4.69) is 0 Å². The minimum Gasteiger partial charge on any atom is -0.396 e. The number of aliphatic hydroxyl groups excluding tert-OH is 4. The highest BCUT2D eigenvalue weighted by atomic mass is 16.3. The monoisotopic (exact) mass is 373 g/mol. The van der Waals surface area contributed by atoms with E-state index in [1.54, 1.807) is 0 Å². The average Bonchev–Trinajstić information content (AvgIpc) is 2.88. The lowest BCUT2D eigenvalue weighted by atomic mass is 10.0. The number of ketones is 1. The topological polar surface area (TPSA) is 101 Å². The van der Waals surface area contributed by atoms with Gasteiger partial charge in [-0.1, -0.05) is 45.4 Å². The summed E-state index contributed by atoms with van der Waals surface area (Å²) in [7, 11) is 0. The van der Waals surface area contributed by atoms with Crippen LogP contribution >= 0.6 is 0 Å². The van der Waals surface area contributed by atoms with Crippen molar-refractivity contribution in [1.82, 2.24) is 4.90 Å². The first-order chi connectivity index (χ1) is 12.6. The van der Waals surface area contributed by atoms with E-state index in [1.165, 1.54) is 0 Å². The third-order valence-corrected chi connectivity index (χ3v) is 5.61. The molecular weight excluding hydrogens is 334 g/mol. The van der Waals surface area contributed by atoms with E-state index in [0.29, 0.717) is 19.3 Å². The van der Waals surface area contributed by atoms with Crippen molar-refractivity contribution < 1.29 is 25.2 Å². The van der Waals surface area contributed by atoms with E-state index >= 15 is 0 Å². The maximum absolute atomic E-state index is 11.5. The highest BCUT2D eigenvalue weighted by Crippen LogP contribution is 2.28. The van der Waals surface area contributed by atoms with Crippen LogP contribution in [0.15, 0.2) is 0 Å². The number of nitrogens with zero attached hydrogens (tertiary/aromatic N) is 1. The fourth-order valence-electron chi connectivity index (χ4n) is 4.07. The SMILES string of the molecule is CCN1[C@H](CO)[C@H](O)[C@H](O)[C@H]1CCCCCCCCCC(=O)CCCO. The van der Waals surface area contributed by atoms with Gasteiger partial charge in [0.2, 0.25) is 0 Å². The van der Waals surface area contributed by atoms with Gasteiger partial charge in [-0.15, -0.1) is 0 Å². The maximum atomic E-state index is 11.5. The molecule has 6 nitrogen and oxygen atoms in total. The number of carbonyl (C=O) groups is 1. The second-order valence-electron chi connectivity index (χ2n) is 7.51. The molecule has 1 fully saturated rings. The largest absolute Gasteiger partial charge is 0.396 e. The number of unbranched alkanes of at least 4 members (excludes halogenated alkanes) is 6. The third-order valence-electron chi connectivity index (χ3n) is 5.61. The van der Waals surface area contributed by atoms with Crippen molar-refractivity contribution in [3.05, 3.63) is 0 Å². The van der Waals surface area contributed by atoms with Gasteiger partial charge in [0, 0.05) is 25.5 Å². The molecule has 0 aromatic carbocycles. The summed E-state index contributed by atoms with van der Waals surface area (Å²) in [5.74, 6) is 0.262. The molecule has 1 aliphatic heterocycles. The van der Waals surface area contributed by atoms with Crippen molar-refractivity contribution in [2.45, 2.75) is 102 Å². The van der Waals surface area contributed by atoms with Crippen LogP contribution in [0, 0.1) is 0 Å². The molecule has 0 aromatic rings. The van der Waals surface area contributed by atoms with Crippen LogP contribution in [0.3, 0.4) is 0 Å². The lowest BCUT2D eigenvalue weighted by molar-refractivity contribution is -0.119. The summed E-state index contributed by atoms with van der Waals surface area (Å²) in [5.41, 5.74) is 0. The Hall–Kier alpha value is -0.530. The minimum absolute atomic E-state index is 0.0583. The van der Waals surface area contributed by atoms with Crippen molar-refractivity contribution in [1.29, 1.82) is 0 Å². The Morgan fingerprint density at radius 1 is 0.808 bits per heavy atom. The van der Waals surface area contributed by atoms with Crippen molar-refractivity contribution >= 4 is 5.78 Å². The van der Waals surface area contributed by atoms with Gasteiger partial charge in [-0.25, -0.2) is 0 Å². The van der Waals surface area contributed by atoms with Gasteiger partial charge in [0.1, 0.15) is 5.78 Å². The van der Waals surface area contributed by atoms with E-state index in [0.717, 1.165) is 57.9 Å². The Morgan fingerprint density at radius 2 is 1.35 bits per heavy atom. The van der Waals surface area contributed by atoms with Gasteiger partial charge in [-0.3, -0.25) is 9.69 Å². The number of hydrogen-bond donors (Lipinski definition) is 4. The second kappa shape index (κ2) is 13.6. The highest BCUT2D eigenvalue weighted by molar-refractivity contribution is 5.78. The zero-order valence-electron chi connectivity index (χ0n) is 16.4. The van der Waals surface area contributed by atoms with E-state index in [1.807, 2.05) is 11.8 Å². The van der Waals surface area contributed by atoms with Gasteiger partial charge in [0.05, 0.1) is 24.9 Å². The molecule has 1 heterocycles. The van der Waals surface area contributed by atoms with Crippen molar-refractivity contribution in [3.63, 3.8) is 0 Å². The molecule has 6 heteroatoms. The smallest absolute Gasteiger partial charge is 0.132 e. The van der Waals surface area contributed by atoms with E-state index in [9.17, 15) is 20.1 Å². The number of hydrogen-bond acceptors (Lipinski definition) is 6. The molecular formula is C20H39NO5. The predicted molar refractivity (Wildman–Crippen MR) is 102 cm³/mol. The van der Waals surface area contributed by atoms with E-state index in [-0.39, 0.29) is 31.1 Å². The summed E-state index contributed by atoms with van der Waals surface area (Å²) in [6, 6.07) is -0.405. The van der Waals surface area contributed by atoms with Crippen molar-refractivity contribution in [2.24, 2.45) is 0 Å². The zero-order valence-corrected chi connectivity index (χ0v) is 16.4. The molecule has 26 heavy (non-hydrogen) atoms. The van der Waals surface area contributed by atoms with Gasteiger partial charge in [-0.05, 0) is 25.8 Å². The molecule has 0 unspecified atom stereocenters. The number of Topliss-reactive ketones (excluding diaryl/α,β-unsaturated/α-hetero) is 1. The Balaban J connectivity index is 2.06. The van der Waals surface area contributed by atoms with Crippen LogP contribution in [0.5, 0.6) is 0 Å². The molecule has 1 saturated heterocycles. The molecule has 0 aromatic heterocycles. The third kappa shape index (κ3) is 7.61. The van der Waals surface area contributed by atoms with Crippen LogP contribution in [0.25, 0.3) is 0 Å². The summed E-state index contributed by atoms with van der Waals surface area (Å²) in [6.45, 7) is 2.69. The molecule has 0 amide bonds. The molecule has 1 aliphatic rings. The molecule has 0 aliphatic carbocycles. The Morgan fingerprint density at radius 3 is 1.92 bits per heavy atom. The van der Waals surface area contributed by atoms with Gasteiger partial charge in [0.25, 0.3) is 0 Å². The first-order valence-electron chi connectivity index (χ1n) is 10.4. The predicted octanol–water partition coefficient (Wildman–Crippen LogP) is 1.63. The van der Waals surface area contributed by atoms with E-state index < -0.39 is 12.2 Å². The van der Waals surface area contributed by atoms with Gasteiger partial charge < -0.3 is 20.4 Å². The van der Waals surface area contributed by atoms with E-state index in [4.69, 9.17) is 5.11 Å². The number of likely N-dealkylation sites (N-methyl/N-ethyl adjacent to an activating group) is 1. The van der Waals surface area contributed by atoms with Crippen molar-refractivity contribution in [2.75, 3.05) is 19.8 Å². The van der Waals surface area contributed by atoms with Crippen LogP contribution in [-0.2, 0) is 4.79 Å². The maximum Gasteiger partial charge on any atom is 0.132 e. The fourth-order valence-corrected chi connectivity index (χ4v) is 4.07. The molecule has 0 saturated carbocycles. The first kappa shape index (κ1) is 23.5. The number of rotatable bonds is 15. The zero-order chi connectivity index (χ0) is 19.4. The fraction of sp³-hybridized carbons (Fsp3) is 0.950. The lowest BCUT2D eigenvalue weighted by Gasteiger charge is -2.28. The summed E-state index contributed by atoms with van der Waals surface area (Å²) < 4.78 is 0. The highest BCUT2D eigenvalue weighted by Gasteiger charge is 2.45. The van der Waals surface area contributed by atoms with Crippen molar-refractivity contribution in [3.8, 4) is 0 Å². The van der Waals surface area contributed by atoms with Crippen LogP contribution in [0.4, 0.5) is 0 Å². The molecule has 154 valence electrons. The summed E-state index contributed by atoms with van der Waals surface area (Å²) >= 11 is 0. The number of carbonyl (C=O) groups excluding carboxylic acids is 1. The van der Waals surface area contributed by atoms with Gasteiger partial charge >= 0.3 is 0 Å². The second-order valence-corrected chi connectivity index (χ2v) is 7.51. The molecule has 0 bridgehead atoms. The minimum atomic E-state index is -0.856. The summed E-state index contributed by atoms with van der Waals surface area (Å²) in [5, 5.41) is 38.4. The summed E-state index contributed by atoms with van der Waals surface area (Å²) in [6.07, 6.45) is 8.57. The lowest BCUT2D eigenvalue weighted by Crippen LogP contribution is -2.41.